The van der Waals surface area contributed by atoms with Crippen molar-refractivity contribution in [2.24, 2.45) is 5.92 Å². The molecule has 2 aliphatic rings. The summed E-state index contributed by atoms with van der Waals surface area (Å²) in [6.07, 6.45) is 2.31. The third kappa shape index (κ3) is 3.17. The van der Waals surface area contributed by atoms with Gasteiger partial charge in [0.25, 0.3) is 0 Å². The van der Waals surface area contributed by atoms with E-state index in [0.717, 1.165) is 32.1 Å². The van der Waals surface area contributed by atoms with Gasteiger partial charge in [0.05, 0.1) is 12.7 Å². The van der Waals surface area contributed by atoms with E-state index < -0.39 is 0 Å². The predicted molar refractivity (Wildman–Crippen MR) is 63.5 cm³/mol. The summed E-state index contributed by atoms with van der Waals surface area (Å²) in [4.78, 5) is 2.37. The number of fused-ring (bicyclic) bond motifs is 1. The summed E-state index contributed by atoms with van der Waals surface area (Å²) in [7, 11) is 0. The van der Waals surface area contributed by atoms with Crippen LogP contribution in [0.15, 0.2) is 0 Å². The maximum Gasteiger partial charge on any atom is 0.0900 e. The van der Waals surface area contributed by atoms with Crippen LogP contribution in [0.5, 0.6) is 0 Å². The monoisotopic (exact) mass is 228 g/mol. The van der Waals surface area contributed by atoms with Crippen LogP contribution in [0.25, 0.3) is 0 Å². The molecule has 0 spiro atoms. The molecule has 4 nitrogen and oxygen atoms in total. The molecule has 0 saturated carbocycles. The molecule has 2 N–H and O–H groups in total. The maximum absolute atomic E-state index is 9.79. The standard InChI is InChI=1S/C12H24N2O2/c1-2-16-9-11(15)7-14-6-10-4-3-5-13-12(10)8-14/h10-13,15H,2-9H2,1H3/t10-,11?,12+/m0/s1. The van der Waals surface area contributed by atoms with Gasteiger partial charge in [0.1, 0.15) is 0 Å². The van der Waals surface area contributed by atoms with Gasteiger partial charge in [0.15, 0.2) is 0 Å². The fraction of sp³-hybridized carbons (Fsp3) is 1.00. The molecule has 0 aromatic carbocycles. The number of nitrogens with zero attached hydrogens (tertiary/aromatic N) is 1. The first-order valence-electron chi connectivity index (χ1n) is 6.51. The van der Waals surface area contributed by atoms with Crippen LogP contribution in [0.3, 0.4) is 0 Å². The van der Waals surface area contributed by atoms with Gasteiger partial charge in [-0.15, -0.1) is 0 Å². The molecule has 2 saturated heterocycles. The van der Waals surface area contributed by atoms with E-state index in [4.69, 9.17) is 4.74 Å². The van der Waals surface area contributed by atoms with Crippen molar-refractivity contribution in [2.45, 2.75) is 31.9 Å². The zero-order valence-corrected chi connectivity index (χ0v) is 10.2. The molecule has 0 aliphatic carbocycles. The summed E-state index contributed by atoms with van der Waals surface area (Å²) in [6, 6.07) is 0.660. The Morgan fingerprint density at radius 3 is 3.12 bits per heavy atom. The van der Waals surface area contributed by atoms with Gasteiger partial charge in [-0.2, -0.15) is 0 Å². The van der Waals surface area contributed by atoms with Crippen molar-refractivity contribution in [1.82, 2.24) is 10.2 Å². The summed E-state index contributed by atoms with van der Waals surface area (Å²) >= 11 is 0. The van der Waals surface area contributed by atoms with Crippen molar-refractivity contribution in [2.75, 3.05) is 39.4 Å². The van der Waals surface area contributed by atoms with Gasteiger partial charge in [-0.3, -0.25) is 4.90 Å². The Balaban J connectivity index is 1.71. The van der Waals surface area contributed by atoms with Crippen LogP contribution >= 0.6 is 0 Å². The Bertz CT molecular complexity index is 199. The van der Waals surface area contributed by atoms with E-state index in [1.165, 1.54) is 12.8 Å². The molecular weight excluding hydrogens is 204 g/mol. The number of β-amino-alcohol motifs (C(OH)–C–C–N with tert-alkyl or cyclic N) is 1. The Kier molecular flexibility index (Phi) is 4.58. The normalized spacial score (nSPS) is 32.6. The molecule has 94 valence electrons. The number of nitrogens with one attached hydrogen (secondary N) is 1. The smallest absolute Gasteiger partial charge is 0.0900 e. The van der Waals surface area contributed by atoms with Crippen molar-refractivity contribution >= 4 is 0 Å². The average molecular weight is 228 g/mol. The zero-order valence-electron chi connectivity index (χ0n) is 10.2. The van der Waals surface area contributed by atoms with Crippen molar-refractivity contribution in [3.63, 3.8) is 0 Å². The lowest BCUT2D eigenvalue weighted by Gasteiger charge is -2.24. The molecule has 0 radical (unpaired) electrons. The average Bonchev–Trinajstić information content (AvgIpc) is 2.68. The van der Waals surface area contributed by atoms with Crippen LogP contribution in [-0.4, -0.2) is 61.5 Å². The number of rotatable bonds is 5. The first-order valence-corrected chi connectivity index (χ1v) is 6.51. The third-order valence-corrected chi connectivity index (χ3v) is 3.66. The Hall–Kier alpha value is -0.160. The van der Waals surface area contributed by atoms with E-state index in [1.54, 1.807) is 0 Å². The highest BCUT2D eigenvalue weighted by Crippen LogP contribution is 2.24. The fourth-order valence-corrected chi connectivity index (χ4v) is 2.89. The molecule has 3 atom stereocenters. The van der Waals surface area contributed by atoms with Crippen LogP contribution in [0.1, 0.15) is 19.8 Å². The number of hydrogen-bond donors (Lipinski definition) is 2. The van der Waals surface area contributed by atoms with E-state index in [0.29, 0.717) is 19.3 Å². The van der Waals surface area contributed by atoms with Gasteiger partial charge in [-0.1, -0.05) is 0 Å². The largest absolute Gasteiger partial charge is 0.389 e. The van der Waals surface area contributed by atoms with E-state index in [1.807, 2.05) is 6.92 Å². The van der Waals surface area contributed by atoms with Crippen LogP contribution < -0.4 is 5.32 Å². The third-order valence-electron chi connectivity index (χ3n) is 3.66. The second-order valence-electron chi connectivity index (χ2n) is 4.99. The number of ether oxygens (including phenoxy) is 1. The van der Waals surface area contributed by atoms with Gasteiger partial charge >= 0.3 is 0 Å². The molecule has 0 amide bonds. The number of likely N-dealkylation sites (tertiary alicyclic amines) is 1. The highest BCUT2D eigenvalue weighted by molar-refractivity contribution is 4.92. The molecule has 0 bridgehead atoms. The fourth-order valence-electron chi connectivity index (χ4n) is 2.89. The highest BCUT2D eigenvalue weighted by Gasteiger charge is 2.34. The molecular formula is C12H24N2O2. The minimum atomic E-state index is -0.333. The Labute approximate surface area is 98.0 Å². The first kappa shape index (κ1) is 12.3. The lowest BCUT2D eigenvalue weighted by atomic mass is 9.94. The molecule has 2 aliphatic heterocycles. The lowest BCUT2D eigenvalue weighted by molar-refractivity contribution is 0.0245. The van der Waals surface area contributed by atoms with Crippen molar-refractivity contribution in [3.8, 4) is 0 Å². The molecule has 0 aromatic rings. The Morgan fingerprint density at radius 1 is 1.50 bits per heavy atom. The van der Waals surface area contributed by atoms with Gasteiger partial charge in [-0.05, 0) is 32.2 Å². The topological polar surface area (TPSA) is 44.7 Å². The zero-order chi connectivity index (χ0) is 11.4. The second kappa shape index (κ2) is 5.96. The van der Waals surface area contributed by atoms with E-state index in [2.05, 4.69) is 10.2 Å². The lowest BCUT2D eigenvalue weighted by Crippen LogP contribution is -2.41. The molecule has 2 fully saturated rings. The van der Waals surface area contributed by atoms with E-state index >= 15 is 0 Å². The van der Waals surface area contributed by atoms with Gasteiger partial charge < -0.3 is 15.2 Å². The summed E-state index contributed by atoms with van der Waals surface area (Å²) in [6.45, 7) is 7.26. The number of aliphatic hydroxyl groups is 1. The van der Waals surface area contributed by atoms with Crippen LogP contribution in [0, 0.1) is 5.92 Å². The first-order chi connectivity index (χ1) is 7.79. The van der Waals surface area contributed by atoms with Crippen LogP contribution in [0.4, 0.5) is 0 Å². The number of aliphatic hydroxyl groups excluding tert-OH is 1. The van der Waals surface area contributed by atoms with Gasteiger partial charge in [0, 0.05) is 32.3 Å². The molecule has 1 unspecified atom stereocenters. The summed E-state index contributed by atoms with van der Waals surface area (Å²) in [5.74, 6) is 0.799. The second-order valence-corrected chi connectivity index (χ2v) is 4.99. The van der Waals surface area contributed by atoms with Gasteiger partial charge in [-0.25, -0.2) is 0 Å². The molecule has 16 heavy (non-hydrogen) atoms. The number of piperidine rings is 1. The molecule has 2 heterocycles. The van der Waals surface area contributed by atoms with E-state index in [-0.39, 0.29) is 6.10 Å². The van der Waals surface area contributed by atoms with E-state index in [9.17, 15) is 5.11 Å². The maximum atomic E-state index is 9.79. The molecule has 4 heteroatoms. The highest BCUT2D eigenvalue weighted by atomic mass is 16.5. The molecule has 0 aromatic heterocycles. The van der Waals surface area contributed by atoms with Crippen molar-refractivity contribution in [1.29, 1.82) is 0 Å². The molecule has 2 rings (SSSR count). The summed E-state index contributed by atoms with van der Waals surface area (Å²) < 4.78 is 5.23. The number of hydrogen-bond acceptors (Lipinski definition) is 4. The van der Waals surface area contributed by atoms with Crippen LogP contribution in [-0.2, 0) is 4.74 Å². The van der Waals surface area contributed by atoms with Crippen LogP contribution in [0.2, 0.25) is 0 Å². The minimum absolute atomic E-state index is 0.333. The summed E-state index contributed by atoms with van der Waals surface area (Å²) in [5.41, 5.74) is 0. The Morgan fingerprint density at radius 2 is 2.38 bits per heavy atom. The minimum Gasteiger partial charge on any atom is -0.389 e. The predicted octanol–water partition coefficient (Wildman–Crippen LogP) is 0.0676. The quantitative estimate of drug-likeness (QED) is 0.699. The summed E-state index contributed by atoms with van der Waals surface area (Å²) in [5, 5.41) is 13.4. The van der Waals surface area contributed by atoms with Crippen molar-refractivity contribution < 1.29 is 9.84 Å². The van der Waals surface area contributed by atoms with Crippen molar-refractivity contribution in [3.05, 3.63) is 0 Å². The van der Waals surface area contributed by atoms with Gasteiger partial charge in [0.2, 0.25) is 0 Å². The SMILES string of the molecule is CCOCC(O)CN1C[C@@H]2CCCN[C@@H]2C1.